The fraction of sp³-hybridized carbons (Fsp3) is 0.391. The maximum absolute atomic E-state index is 11.3. The number of allylic oxidation sites excluding steroid dienone is 2. The molecule has 5 heteroatoms. The number of aromatic amines is 1. The molecule has 1 aromatic carbocycles. The number of nitrogens with zero attached hydrogens (tertiary/aromatic N) is 3. The Morgan fingerprint density at radius 3 is 2.54 bits per heavy atom. The molecular weight excluding hydrogens is 348 g/mol. The number of aromatic nitrogens is 1. The Hall–Kier alpha value is -2.66. The molecule has 148 valence electrons. The SMILES string of the molecule is CC(C)=C/C=N\c1cc(C(C)N2CCN(c3ccc(=O)[nH]c3)CC2)ccc1C. The molecule has 1 N–H and O–H groups in total. The topological polar surface area (TPSA) is 51.7 Å². The molecule has 0 radical (unpaired) electrons. The van der Waals surface area contributed by atoms with Crippen molar-refractivity contribution in [1.82, 2.24) is 9.88 Å². The molecule has 1 aromatic heterocycles. The molecule has 1 atom stereocenters. The van der Waals surface area contributed by atoms with E-state index < -0.39 is 0 Å². The van der Waals surface area contributed by atoms with E-state index in [2.05, 4.69) is 65.7 Å². The van der Waals surface area contributed by atoms with E-state index in [1.807, 2.05) is 18.4 Å². The minimum Gasteiger partial charge on any atom is -0.368 e. The Labute approximate surface area is 167 Å². The van der Waals surface area contributed by atoms with Gasteiger partial charge in [0.15, 0.2) is 0 Å². The first-order valence-electron chi connectivity index (χ1n) is 9.90. The third-order valence-electron chi connectivity index (χ3n) is 5.33. The Morgan fingerprint density at radius 1 is 1.14 bits per heavy atom. The minimum atomic E-state index is -0.0570. The van der Waals surface area contributed by atoms with Crippen LogP contribution in [0.3, 0.4) is 0 Å². The summed E-state index contributed by atoms with van der Waals surface area (Å²) in [5.41, 5.74) is 5.79. The normalized spacial score (nSPS) is 16.4. The zero-order chi connectivity index (χ0) is 20.1. The highest BCUT2D eigenvalue weighted by atomic mass is 16.1. The van der Waals surface area contributed by atoms with Crippen molar-refractivity contribution in [3.8, 4) is 0 Å². The molecule has 0 spiro atoms. The number of rotatable bonds is 5. The van der Waals surface area contributed by atoms with Crippen molar-refractivity contribution in [2.45, 2.75) is 33.7 Å². The zero-order valence-electron chi connectivity index (χ0n) is 17.3. The molecule has 0 bridgehead atoms. The highest BCUT2D eigenvalue weighted by Crippen LogP contribution is 2.28. The van der Waals surface area contributed by atoms with Crippen LogP contribution in [0.5, 0.6) is 0 Å². The first kappa shape index (κ1) is 20.1. The molecule has 0 amide bonds. The molecule has 1 aliphatic rings. The zero-order valence-corrected chi connectivity index (χ0v) is 17.3. The molecule has 2 heterocycles. The van der Waals surface area contributed by atoms with Gasteiger partial charge in [-0.3, -0.25) is 14.7 Å². The third-order valence-corrected chi connectivity index (χ3v) is 5.33. The van der Waals surface area contributed by atoms with E-state index >= 15 is 0 Å². The van der Waals surface area contributed by atoms with E-state index in [0.717, 1.165) is 37.6 Å². The molecule has 5 nitrogen and oxygen atoms in total. The van der Waals surface area contributed by atoms with E-state index in [-0.39, 0.29) is 5.56 Å². The smallest absolute Gasteiger partial charge is 0.248 e. The molecular formula is C23H30N4O. The minimum absolute atomic E-state index is 0.0570. The molecule has 3 rings (SSSR count). The van der Waals surface area contributed by atoms with Gasteiger partial charge in [0.25, 0.3) is 0 Å². The number of benzene rings is 1. The van der Waals surface area contributed by atoms with Crippen LogP contribution in [-0.2, 0) is 0 Å². The van der Waals surface area contributed by atoms with Gasteiger partial charge < -0.3 is 9.88 Å². The maximum atomic E-state index is 11.3. The van der Waals surface area contributed by atoms with Crippen molar-refractivity contribution < 1.29 is 0 Å². The van der Waals surface area contributed by atoms with Crippen molar-refractivity contribution in [2.75, 3.05) is 31.1 Å². The summed E-state index contributed by atoms with van der Waals surface area (Å²) in [5, 5.41) is 0. The summed E-state index contributed by atoms with van der Waals surface area (Å²) in [6.45, 7) is 12.4. The highest BCUT2D eigenvalue weighted by Gasteiger charge is 2.22. The second-order valence-electron chi connectivity index (χ2n) is 7.68. The largest absolute Gasteiger partial charge is 0.368 e. The van der Waals surface area contributed by atoms with Crippen LogP contribution >= 0.6 is 0 Å². The summed E-state index contributed by atoms with van der Waals surface area (Å²) in [5.74, 6) is 0. The predicted molar refractivity (Wildman–Crippen MR) is 118 cm³/mol. The fourth-order valence-electron chi connectivity index (χ4n) is 3.47. The van der Waals surface area contributed by atoms with Gasteiger partial charge in [-0.15, -0.1) is 0 Å². The monoisotopic (exact) mass is 378 g/mol. The second-order valence-corrected chi connectivity index (χ2v) is 7.68. The summed E-state index contributed by atoms with van der Waals surface area (Å²) in [4.78, 5) is 23.5. The number of aliphatic imine (C=N–C) groups is 1. The number of hydrogen-bond acceptors (Lipinski definition) is 4. The van der Waals surface area contributed by atoms with Gasteiger partial charge in [-0.25, -0.2) is 0 Å². The lowest BCUT2D eigenvalue weighted by Crippen LogP contribution is -2.47. The number of pyridine rings is 1. The first-order valence-corrected chi connectivity index (χ1v) is 9.90. The predicted octanol–water partition coefficient (Wildman–Crippen LogP) is 4.24. The van der Waals surface area contributed by atoms with Crippen molar-refractivity contribution in [2.24, 2.45) is 4.99 Å². The summed E-state index contributed by atoms with van der Waals surface area (Å²) >= 11 is 0. The fourth-order valence-corrected chi connectivity index (χ4v) is 3.47. The van der Waals surface area contributed by atoms with Crippen LogP contribution in [0.4, 0.5) is 11.4 Å². The van der Waals surface area contributed by atoms with Gasteiger partial charge in [-0.2, -0.15) is 0 Å². The third kappa shape index (κ3) is 4.98. The van der Waals surface area contributed by atoms with Crippen molar-refractivity contribution >= 4 is 17.6 Å². The lowest BCUT2D eigenvalue weighted by molar-refractivity contribution is 0.198. The van der Waals surface area contributed by atoms with Crippen LogP contribution in [-0.4, -0.2) is 42.3 Å². The van der Waals surface area contributed by atoms with Gasteiger partial charge in [-0.05, 0) is 57.0 Å². The molecule has 1 fully saturated rings. The lowest BCUT2D eigenvalue weighted by atomic mass is 10.0. The van der Waals surface area contributed by atoms with Crippen LogP contribution < -0.4 is 10.5 Å². The van der Waals surface area contributed by atoms with Crippen LogP contribution in [0.15, 0.2) is 58.0 Å². The van der Waals surface area contributed by atoms with Crippen LogP contribution in [0, 0.1) is 6.92 Å². The van der Waals surface area contributed by atoms with Crippen LogP contribution in [0.25, 0.3) is 0 Å². The van der Waals surface area contributed by atoms with Crippen LogP contribution in [0.2, 0.25) is 0 Å². The Kier molecular flexibility index (Phi) is 6.47. The Balaban J connectivity index is 1.67. The molecule has 1 aliphatic heterocycles. The van der Waals surface area contributed by atoms with E-state index in [4.69, 9.17) is 0 Å². The quantitative estimate of drug-likeness (QED) is 0.792. The summed E-state index contributed by atoms with van der Waals surface area (Å²) < 4.78 is 0. The number of hydrogen-bond donors (Lipinski definition) is 1. The molecule has 28 heavy (non-hydrogen) atoms. The van der Waals surface area contributed by atoms with Crippen molar-refractivity contribution in [3.63, 3.8) is 0 Å². The number of nitrogens with one attached hydrogen (secondary N) is 1. The van der Waals surface area contributed by atoms with E-state index in [9.17, 15) is 4.79 Å². The average Bonchev–Trinajstić information content (AvgIpc) is 2.69. The van der Waals surface area contributed by atoms with Gasteiger partial charge in [0.05, 0.1) is 11.4 Å². The number of aryl methyl sites for hydroxylation is 1. The first-order chi connectivity index (χ1) is 13.4. The summed E-state index contributed by atoms with van der Waals surface area (Å²) in [6.07, 6.45) is 5.72. The lowest BCUT2D eigenvalue weighted by Gasteiger charge is -2.39. The van der Waals surface area contributed by atoms with Crippen LogP contribution in [0.1, 0.15) is 37.9 Å². The highest BCUT2D eigenvalue weighted by molar-refractivity contribution is 5.75. The van der Waals surface area contributed by atoms with Gasteiger partial charge in [0.1, 0.15) is 0 Å². The average molecular weight is 379 g/mol. The number of piperazine rings is 1. The van der Waals surface area contributed by atoms with E-state index in [0.29, 0.717) is 6.04 Å². The Morgan fingerprint density at radius 2 is 1.89 bits per heavy atom. The molecule has 1 unspecified atom stereocenters. The number of H-pyrrole nitrogens is 1. The number of anilines is 1. The van der Waals surface area contributed by atoms with E-state index in [1.54, 1.807) is 12.3 Å². The standard InChI is InChI=1S/C23H30N4O/c1-17(2)9-10-24-22-15-20(6-5-18(22)3)19(4)26-11-13-27(14-12-26)21-7-8-23(28)25-16-21/h5-10,15-16,19H,11-14H2,1-4H3,(H,25,28)/b24-10-. The summed E-state index contributed by atoms with van der Waals surface area (Å²) in [7, 11) is 0. The van der Waals surface area contributed by atoms with Gasteiger partial charge in [0, 0.05) is 50.7 Å². The molecule has 1 saturated heterocycles. The van der Waals surface area contributed by atoms with Gasteiger partial charge in [0.2, 0.25) is 5.56 Å². The van der Waals surface area contributed by atoms with Gasteiger partial charge in [-0.1, -0.05) is 17.7 Å². The van der Waals surface area contributed by atoms with E-state index in [1.165, 1.54) is 16.7 Å². The summed E-state index contributed by atoms with van der Waals surface area (Å²) in [6, 6.07) is 10.4. The van der Waals surface area contributed by atoms with Crippen molar-refractivity contribution in [1.29, 1.82) is 0 Å². The second kappa shape index (κ2) is 9.02. The molecule has 0 aliphatic carbocycles. The maximum Gasteiger partial charge on any atom is 0.248 e. The molecule has 2 aromatic rings. The Bertz CT molecular complexity index is 896. The van der Waals surface area contributed by atoms with Gasteiger partial charge >= 0.3 is 0 Å². The molecule has 0 saturated carbocycles. The van der Waals surface area contributed by atoms with Crippen molar-refractivity contribution in [3.05, 3.63) is 69.7 Å².